The quantitative estimate of drug-likeness (QED) is 0.753. The van der Waals surface area contributed by atoms with Crippen molar-refractivity contribution in [3.05, 3.63) is 0 Å². The number of carboxylic acid groups (broad SMARTS) is 1. The third kappa shape index (κ3) is 2.55. The van der Waals surface area contributed by atoms with Gasteiger partial charge in [-0.05, 0) is 38.5 Å². The Kier molecular flexibility index (Phi) is 3.97. The summed E-state index contributed by atoms with van der Waals surface area (Å²) in [7, 11) is 0. The summed E-state index contributed by atoms with van der Waals surface area (Å²) < 4.78 is 5.53. The molecule has 2 atom stereocenters. The Morgan fingerprint density at radius 2 is 1.81 bits per heavy atom. The minimum Gasteiger partial charge on any atom is -0.479 e. The molecule has 94 valence electrons. The molecule has 1 aliphatic rings. The van der Waals surface area contributed by atoms with Crippen LogP contribution >= 0.6 is 0 Å². The Morgan fingerprint density at radius 3 is 2.12 bits per heavy atom. The van der Waals surface area contributed by atoms with Crippen LogP contribution in [0.25, 0.3) is 0 Å². The van der Waals surface area contributed by atoms with Crippen LogP contribution in [-0.4, -0.2) is 34.0 Å². The van der Waals surface area contributed by atoms with Crippen LogP contribution in [0, 0.1) is 11.8 Å². The Hall–Kier alpha value is -0.610. The molecule has 0 bridgehead atoms. The molecule has 2 N–H and O–H groups in total. The zero-order valence-corrected chi connectivity index (χ0v) is 10.4. The highest BCUT2D eigenvalue weighted by molar-refractivity contribution is 5.78. The van der Waals surface area contributed by atoms with Crippen molar-refractivity contribution in [3.8, 4) is 0 Å². The van der Waals surface area contributed by atoms with Crippen molar-refractivity contribution < 1.29 is 19.7 Å². The highest BCUT2D eigenvalue weighted by Crippen LogP contribution is 2.45. The Bertz CT molecular complexity index is 254. The highest BCUT2D eigenvalue weighted by atomic mass is 16.5. The molecule has 4 nitrogen and oxygen atoms in total. The lowest BCUT2D eigenvalue weighted by Crippen LogP contribution is -2.56. The number of ether oxygens (including phenoxy) is 1. The lowest BCUT2D eigenvalue weighted by atomic mass is 9.66. The van der Waals surface area contributed by atoms with Gasteiger partial charge in [0, 0.05) is 0 Å². The van der Waals surface area contributed by atoms with Gasteiger partial charge in [0.05, 0.1) is 12.2 Å². The topological polar surface area (TPSA) is 66.8 Å². The van der Waals surface area contributed by atoms with Crippen molar-refractivity contribution in [2.24, 2.45) is 11.8 Å². The molecule has 0 amide bonds. The fraction of sp³-hybridized carbons (Fsp3) is 0.917. The first-order valence-electron chi connectivity index (χ1n) is 5.88. The van der Waals surface area contributed by atoms with Gasteiger partial charge in [0.15, 0.2) is 5.60 Å². The molecule has 16 heavy (non-hydrogen) atoms. The average Bonchev–Trinajstić information content (AvgIpc) is 2.08. The second-order valence-corrected chi connectivity index (χ2v) is 5.28. The van der Waals surface area contributed by atoms with E-state index in [1.807, 2.05) is 0 Å². The number of hydrogen-bond donors (Lipinski definition) is 2. The molecular weight excluding hydrogens is 208 g/mol. The molecule has 0 aromatic carbocycles. The summed E-state index contributed by atoms with van der Waals surface area (Å²) >= 11 is 0. The molecule has 1 rings (SSSR count). The van der Waals surface area contributed by atoms with Gasteiger partial charge in [-0.15, -0.1) is 0 Å². The van der Waals surface area contributed by atoms with E-state index in [1.165, 1.54) is 0 Å². The van der Waals surface area contributed by atoms with Crippen LogP contribution in [0.5, 0.6) is 0 Å². The van der Waals surface area contributed by atoms with Crippen LogP contribution < -0.4 is 0 Å². The summed E-state index contributed by atoms with van der Waals surface area (Å²) in [6.07, 6.45) is 0.0206. The van der Waals surface area contributed by atoms with Gasteiger partial charge in [0.2, 0.25) is 0 Å². The van der Waals surface area contributed by atoms with E-state index in [-0.39, 0.29) is 0 Å². The van der Waals surface area contributed by atoms with E-state index in [0.717, 1.165) is 0 Å². The van der Waals surface area contributed by atoms with E-state index in [2.05, 4.69) is 13.8 Å². The van der Waals surface area contributed by atoms with Gasteiger partial charge >= 0.3 is 5.97 Å². The molecule has 1 fully saturated rings. The molecule has 4 heteroatoms. The van der Waals surface area contributed by atoms with Crippen molar-refractivity contribution in [2.45, 2.75) is 58.3 Å². The van der Waals surface area contributed by atoms with Crippen LogP contribution in [0.4, 0.5) is 0 Å². The predicted molar refractivity (Wildman–Crippen MR) is 60.2 cm³/mol. The fourth-order valence-corrected chi connectivity index (χ4v) is 2.03. The molecule has 0 heterocycles. The van der Waals surface area contributed by atoms with Crippen molar-refractivity contribution in [3.63, 3.8) is 0 Å². The fourth-order valence-electron chi connectivity index (χ4n) is 2.03. The number of carbonyl (C=O) groups is 1. The summed E-state index contributed by atoms with van der Waals surface area (Å²) in [6.45, 7) is 7.50. The van der Waals surface area contributed by atoms with Crippen molar-refractivity contribution in [1.82, 2.24) is 0 Å². The molecule has 0 aliphatic heterocycles. The molecule has 0 aromatic heterocycles. The minimum atomic E-state index is -1.06. The maximum Gasteiger partial charge on any atom is 0.336 e. The monoisotopic (exact) mass is 230 g/mol. The Morgan fingerprint density at radius 1 is 1.31 bits per heavy atom. The summed E-state index contributed by atoms with van der Waals surface area (Å²) in [6, 6.07) is 0. The maximum absolute atomic E-state index is 11.2. The zero-order valence-electron chi connectivity index (χ0n) is 10.4. The van der Waals surface area contributed by atoms with Crippen molar-refractivity contribution in [1.29, 1.82) is 0 Å². The minimum absolute atomic E-state index is 0.414. The number of carboxylic acids is 1. The van der Waals surface area contributed by atoms with Crippen LogP contribution in [0.3, 0.4) is 0 Å². The molecule has 0 saturated heterocycles. The number of aliphatic carboxylic acids is 1. The molecule has 1 aliphatic carbocycles. The smallest absolute Gasteiger partial charge is 0.336 e. The number of aliphatic hydroxyl groups excluding tert-OH is 1. The summed E-state index contributed by atoms with van der Waals surface area (Å²) in [5, 5.41) is 18.6. The third-order valence-corrected chi connectivity index (χ3v) is 3.61. The largest absolute Gasteiger partial charge is 0.479 e. The van der Waals surface area contributed by atoms with Gasteiger partial charge in [-0.2, -0.15) is 0 Å². The van der Waals surface area contributed by atoms with E-state index in [1.54, 1.807) is 13.8 Å². The molecule has 0 spiro atoms. The van der Waals surface area contributed by atoms with Crippen LogP contribution in [0.2, 0.25) is 0 Å². The van der Waals surface area contributed by atoms with Crippen LogP contribution in [0.1, 0.15) is 40.5 Å². The van der Waals surface area contributed by atoms with Crippen LogP contribution in [0.15, 0.2) is 0 Å². The maximum atomic E-state index is 11.2. The standard InChI is InChI=1S/C12H22O4/c1-7(2)10-5-12(6-10,11(14)15)16-9(4)8(3)13/h7-10,13H,5-6H2,1-4H3,(H,14,15). The first-order valence-corrected chi connectivity index (χ1v) is 5.88. The van der Waals surface area contributed by atoms with Crippen molar-refractivity contribution >= 4 is 5.97 Å². The first-order chi connectivity index (χ1) is 7.28. The predicted octanol–water partition coefficient (Wildman–Crippen LogP) is 1.66. The van der Waals surface area contributed by atoms with Gasteiger partial charge < -0.3 is 14.9 Å². The van der Waals surface area contributed by atoms with Crippen LogP contribution in [-0.2, 0) is 9.53 Å². The number of aliphatic hydroxyl groups is 1. The van der Waals surface area contributed by atoms with E-state index < -0.39 is 23.8 Å². The van der Waals surface area contributed by atoms with Crippen molar-refractivity contribution in [2.75, 3.05) is 0 Å². The van der Waals surface area contributed by atoms with E-state index in [0.29, 0.717) is 24.7 Å². The van der Waals surface area contributed by atoms with Gasteiger partial charge in [-0.1, -0.05) is 13.8 Å². The van der Waals surface area contributed by atoms with Gasteiger partial charge in [0.1, 0.15) is 0 Å². The summed E-state index contributed by atoms with van der Waals surface area (Å²) in [5.41, 5.74) is -1.06. The second kappa shape index (κ2) is 4.72. The Labute approximate surface area is 96.6 Å². The van der Waals surface area contributed by atoms with E-state index in [9.17, 15) is 15.0 Å². The summed E-state index contributed by atoms with van der Waals surface area (Å²) in [4.78, 5) is 11.2. The lowest BCUT2D eigenvalue weighted by Gasteiger charge is -2.47. The SMILES string of the molecule is CC(C)C1CC(OC(C)C(C)O)(C(=O)O)C1. The summed E-state index contributed by atoms with van der Waals surface area (Å²) in [5.74, 6) is -0.00729. The second-order valence-electron chi connectivity index (χ2n) is 5.28. The lowest BCUT2D eigenvalue weighted by molar-refractivity contribution is -0.210. The number of hydrogen-bond acceptors (Lipinski definition) is 3. The van der Waals surface area contributed by atoms with Gasteiger partial charge in [0.25, 0.3) is 0 Å². The molecule has 0 radical (unpaired) electrons. The third-order valence-electron chi connectivity index (χ3n) is 3.61. The number of rotatable bonds is 5. The average molecular weight is 230 g/mol. The first kappa shape index (κ1) is 13.5. The van der Waals surface area contributed by atoms with E-state index in [4.69, 9.17) is 4.74 Å². The van der Waals surface area contributed by atoms with Gasteiger partial charge in [-0.25, -0.2) is 4.79 Å². The molecule has 1 saturated carbocycles. The molecule has 2 unspecified atom stereocenters. The highest BCUT2D eigenvalue weighted by Gasteiger charge is 2.53. The zero-order chi connectivity index (χ0) is 12.5. The molecule has 0 aromatic rings. The Balaban J connectivity index is 2.61. The molecular formula is C12H22O4. The van der Waals surface area contributed by atoms with E-state index >= 15 is 0 Å². The normalized spacial score (nSPS) is 33.2. The van der Waals surface area contributed by atoms with Gasteiger partial charge in [-0.3, -0.25) is 0 Å².